The van der Waals surface area contributed by atoms with Gasteiger partial charge in [-0.15, -0.1) is 0 Å². The molecule has 2 nitrogen and oxygen atoms in total. The summed E-state index contributed by atoms with van der Waals surface area (Å²) in [5.41, 5.74) is 4.41. The molecule has 0 radical (unpaired) electrons. The summed E-state index contributed by atoms with van der Waals surface area (Å²) >= 11 is 0. The normalized spacial score (nSPS) is 23.1. The number of nitrogens with zero attached hydrogens (tertiary/aromatic N) is 1. The fourth-order valence-corrected chi connectivity index (χ4v) is 4.37. The van der Waals surface area contributed by atoms with Gasteiger partial charge < -0.3 is 5.32 Å². The van der Waals surface area contributed by atoms with Crippen LogP contribution >= 0.6 is 0 Å². The highest BCUT2D eigenvalue weighted by Gasteiger charge is 2.30. The zero-order valence-electron chi connectivity index (χ0n) is 13.7. The molecule has 0 unspecified atom stereocenters. The van der Waals surface area contributed by atoms with Crippen LogP contribution in [-0.4, -0.2) is 31.1 Å². The van der Waals surface area contributed by atoms with E-state index in [-0.39, 0.29) is 0 Å². The van der Waals surface area contributed by atoms with Crippen molar-refractivity contribution in [3.8, 4) is 0 Å². The number of piperazine rings is 1. The Morgan fingerprint density at radius 3 is 2.19 bits per heavy atom. The minimum absolute atomic E-state index is 0.644. The minimum Gasteiger partial charge on any atom is -0.314 e. The van der Waals surface area contributed by atoms with Gasteiger partial charge in [-0.05, 0) is 38.2 Å². The van der Waals surface area contributed by atoms with E-state index in [0.717, 1.165) is 19.0 Å². The molecule has 1 aromatic rings. The third-order valence-corrected chi connectivity index (χ3v) is 5.23. The molecule has 3 rings (SSSR count). The van der Waals surface area contributed by atoms with E-state index in [4.69, 9.17) is 0 Å². The van der Waals surface area contributed by atoms with Gasteiger partial charge in [-0.1, -0.05) is 48.6 Å². The summed E-state index contributed by atoms with van der Waals surface area (Å²) in [6.07, 6.45) is 7.14. The predicted molar refractivity (Wildman–Crippen MR) is 89.7 cm³/mol. The average Bonchev–Trinajstić information content (AvgIpc) is 2.49. The Labute approximate surface area is 129 Å². The van der Waals surface area contributed by atoms with E-state index in [2.05, 4.69) is 42.3 Å². The zero-order chi connectivity index (χ0) is 14.7. The lowest BCUT2D eigenvalue weighted by Crippen LogP contribution is -2.47. The summed E-state index contributed by atoms with van der Waals surface area (Å²) in [5.74, 6) is 0.859. The highest BCUT2D eigenvalue weighted by Crippen LogP contribution is 2.39. The van der Waals surface area contributed by atoms with Gasteiger partial charge in [-0.2, -0.15) is 0 Å². The van der Waals surface area contributed by atoms with E-state index in [0.29, 0.717) is 6.04 Å². The van der Waals surface area contributed by atoms with E-state index >= 15 is 0 Å². The standard InChI is InChI=1S/C19H30N2/c1-15-12-16(2)14-18(13-15)19(17-6-4-3-5-7-17)21-10-8-20-9-11-21/h12-14,17,19-20H,3-11H2,1-2H3/t19-/m0/s1. The molecule has 21 heavy (non-hydrogen) atoms. The van der Waals surface area contributed by atoms with Gasteiger partial charge in [0.15, 0.2) is 0 Å². The van der Waals surface area contributed by atoms with E-state index in [9.17, 15) is 0 Å². The smallest absolute Gasteiger partial charge is 0.0377 e. The fraction of sp³-hybridized carbons (Fsp3) is 0.684. The molecule has 0 aromatic heterocycles. The van der Waals surface area contributed by atoms with Crippen molar-refractivity contribution in [2.75, 3.05) is 26.2 Å². The van der Waals surface area contributed by atoms with E-state index in [1.165, 1.54) is 56.3 Å². The van der Waals surface area contributed by atoms with Crippen LogP contribution in [0.3, 0.4) is 0 Å². The molecule has 2 fully saturated rings. The van der Waals surface area contributed by atoms with Crippen molar-refractivity contribution in [2.45, 2.75) is 52.0 Å². The van der Waals surface area contributed by atoms with Crippen LogP contribution in [0.25, 0.3) is 0 Å². The van der Waals surface area contributed by atoms with Crippen molar-refractivity contribution in [1.82, 2.24) is 10.2 Å². The van der Waals surface area contributed by atoms with Gasteiger partial charge in [-0.25, -0.2) is 0 Å². The van der Waals surface area contributed by atoms with Crippen molar-refractivity contribution in [3.05, 3.63) is 34.9 Å². The number of aryl methyl sites for hydroxylation is 2. The minimum atomic E-state index is 0.644. The first-order chi connectivity index (χ1) is 10.2. The molecule has 1 heterocycles. The lowest BCUT2D eigenvalue weighted by atomic mass is 9.79. The van der Waals surface area contributed by atoms with Crippen LogP contribution in [0.1, 0.15) is 54.8 Å². The fourth-order valence-electron chi connectivity index (χ4n) is 4.37. The summed E-state index contributed by atoms with van der Waals surface area (Å²) in [5, 5.41) is 3.51. The summed E-state index contributed by atoms with van der Waals surface area (Å²) in [6.45, 7) is 9.18. The number of hydrogen-bond acceptors (Lipinski definition) is 2. The van der Waals surface area contributed by atoms with Gasteiger partial charge in [0, 0.05) is 32.2 Å². The van der Waals surface area contributed by atoms with Gasteiger partial charge >= 0.3 is 0 Å². The quantitative estimate of drug-likeness (QED) is 0.908. The third-order valence-electron chi connectivity index (χ3n) is 5.23. The molecule has 1 N–H and O–H groups in total. The topological polar surface area (TPSA) is 15.3 Å². The largest absolute Gasteiger partial charge is 0.314 e. The average molecular weight is 286 g/mol. The Morgan fingerprint density at radius 1 is 0.952 bits per heavy atom. The molecule has 2 heteroatoms. The highest BCUT2D eigenvalue weighted by molar-refractivity contribution is 5.31. The molecule has 1 atom stereocenters. The maximum atomic E-state index is 3.51. The Bertz CT molecular complexity index is 418. The maximum Gasteiger partial charge on any atom is 0.0377 e. The molecule has 2 aliphatic rings. The lowest BCUT2D eigenvalue weighted by molar-refractivity contribution is 0.103. The molecular formula is C19H30N2. The van der Waals surface area contributed by atoms with E-state index < -0.39 is 0 Å². The maximum absolute atomic E-state index is 3.51. The second-order valence-electron chi connectivity index (χ2n) is 7.05. The molecule has 0 spiro atoms. The Kier molecular flexibility index (Phi) is 4.97. The van der Waals surface area contributed by atoms with E-state index in [1.54, 1.807) is 5.56 Å². The van der Waals surface area contributed by atoms with Gasteiger partial charge in [0.2, 0.25) is 0 Å². The molecule has 1 aromatic carbocycles. The molecule has 1 saturated carbocycles. The van der Waals surface area contributed by atoms with Gasteiger partial charge in [-0.3, -0.25) is 4.90 Å². The monoisotopic (exact) mass is 286 g/mol. The van der Waals surface area contributed by atoms with Gasteiger partial charge in [0.1, 0.15) is 0 Å². The first-order valence-corrected chi connectivity index (χ1v) is 8.77. The van der Waals surface area contributed by atoms with Crippen molar-refractivity contribution in [1.29, 1.82) is 0 Å². The summed E-state index contributed by atoms with van der Waals surface area (Å²) in [7, 11) is 0. The van der Waals surface area contributed by atoms with Gasteiger partial charge in [0.25, 0.3) is 0 Å². The Morgan fingerprint density at radius 2 is 1.57 bits per heavy atom. The molecule has 0 amide bonds. The molecule has 0 bridgehead atoms. The SMILES string of the molecule is Cc1cc(C)cc([C@H](C2CCCCC2)N2CCNCC2)c1. The van der Waals surface area contributed by atoms with Crippen LogP contribution in [0.5, 0.6) is 0 Å². The van der Waals surface area contributed by atoms with Crippen LogP contribution in [0, 0.1) is 19.8 Å². The zero-order valence-corrected chi connectivity index (χ0v) is 13.7. The number of nitrogens with one attached hydrogen (secondary N) is 1. The predicted octanol–water partition coefficient (Wildman–Crippen LogP) is 3.83. The number of benzene rings is 1. The molecule has 116 valence electrons. The summed E-state index contributed by atoms with van der Waals surface area (Å²) in [6, 6.07) is 7.83. The van der Waals surface area contributed by atoms with Crippen LogP contribution in [0.4, 0.5) is 0 Å². The first kappa shape index (κ1) is 15.1. The molecule has 1 saturated heterocycles. The molecule has 1 aliphatic carbocycles. The van der Waals surface area contributed by atoms with E-state index in [1.807, 2.05) is 0 Å². The summed E-state index contributed by atoms with van der Waals surface area (Å²) in [4.78, 5) is 2.75. The van der Waals surface area contributed by atoms with Crippen LogP contribution in [0.15, 0.2) is 18.2 Å². The summed E-state index contributed by atoms with van der Waals surface area (Å²) < 4.78 is 0. The number of rotatable bonds is 3. The molecular weight excluding hydrogens is 256 g/mol. The van der Waals surface area contributed by atoms with Crippen molar-refractivity contribution < 1.29 is 0 Å². The van der Waals surface area contributed by atoms with Crippen molar-refractivity contribution in [3.63, 3.8) is 0 Å². The van der Waals surface area contributed by atoms with Crippen LogP contribution in [-0.2, 0) is 0 Å². The Hall–Kier alpha value is -0.860. The first-order valence-electron chi connectivity index (χ1n) is 8.77. The third kappa shape index (κ3) is 3.67. The second-order valence-corrected chi connectivity index (χ2v) is 7.05. The van der Waals surface area contributed by atoms with Crippen LogP contribution < -0.4 is 5.32 Å². The number of hydrogen-bond donors (Lipinski definition) is 1. The second kappa shape index (κ2) is 6.93. The highest BCUT2D eigenvalue weighted by atomic mass is 15.2. The van der Waals surface area contributed by atoms with Crippen molar-refractivity contribution in [2.24, 2.45) is 5.92 Å². The lowest BCUT2D eigenvalue weighted by Gasteiger charge is -2.41. The van der Waals surface area contributed by atoms with Crippen LogP contribution in [0.2, 0.25) is 0 Å². The van der Waals surface area contributed by atoms with Gasteiger partial charge in [0.05, 0.1) is 0 Å². The van der Waals surface area contributed by atoms with Crippen molar-refractivity contribution >= 4 is 0 Å². The Balaban J connectivity index is 1.89. The molecule has 1 aliphatic heterocycles.